The molecule has 4 heterocycles. The van der Waals surface area contributed by atoms with Crippen molar-refractivity contribution in [1.29, 1.82) is 0 Å². The number of hydrazine groups is 1. The van der Waals surface area contributed by atoms with E-state index in [-0.39, 0.29) is 13.1 Å². The molecular weight excluding hydrogens is 882 g/mol. The number of carbonyl (C=O) groups is 3. The first-order valence-corrected chi connectivity index (χ1v) is 22.6. The quantitative estimate of drug-likeness (QED) is 0.0286. The first-order valence-electron chi connectivity index (χ1n) is 19.1. The van der Waals surface area contributed by atoms with Crippen LogP contribution >= 0.6 is 15.2 Å². The zero-order valence-corrected chi connectivity index (χ0v) is 37.8. The van der Waals surface area contributed by atoms with Crippen molar-refractivity contribution in [3.63, 3.8) is 0 Å². The van der Waals surface area contributed by atoms with E-state index in [4.69, 9.17) is 46.7 Å². The molecule has 63 heavy (non-hydrogen) atoms. The van der Waals surface area contributed by atoms with Crippen molar-refractivity contribution < 1.29 is 79.9 Å². The lowest BCUT2D eigenvalue weighted by Gasteiger charge is -2.21. The van der Waals surface area contributed by atoms with Crippen molar-refractivity contribution in [2.24, 2.45) is 0 Å². The van der Waals surface area contributed by atoms with Gasteiger partial charge in [0.1, 0.15) is 25.4 Å². The van der Waals surface area contributed by atoms with Crippen LogP contribution in [0.25, 0.3) is 22.3 Å². The molecule has 0 bridgehead atoms. The van der Waals surface area contributed by atoms with Crippen molar-refractivity contribution in [3.05, 3.63) is 25.3 Å². The van der Waals surface area contributed by atoms with Gasteiger partial charge in [0.15, 0.2) is 34.0 Å². The Morgan fingerprint density at radius 1 is 0.651 bits per heavy atom. The number of hydrogen-bond donors (Lipinski definition) is 2. The Balaban J connectivity index is 1.36. The molecule has 350 valence electrons. The van der Waals surface area contributed by atoms with Gasteiger partial charge in [-0.15, -0.1) is 0 Å². The smallest absolute Gasteiger partial charge is 0.432 e. The Morgan fingerprint density at radius 2 is 1.10 bits per heavy atom. The summed E-state index contributed by atoms with van der Waals surface area (Å²) >= 11 is 0. The highest BCUT2D eigenvalue weighted by atomic mass is 31.2. The van der Waals surface area contributed by atoms with Crippen molar-refractivity contribution in [2.45, 2.75) is 99.0 Å². The fourth-order valence-electron chi connectivity index (χ4n) is 4.95. The van der Waals surface area contributed by atoms with Gasteiger partial charge in [-0.1, -0.05) is 0 Å². The Bertz CT molecular complexity index is 2190. The first-order chi connectivity index (χ1) is 29.7. The summed E-state index contributed by atoms with van der Waals surface area (Å²) in [6.45, 7) is 10.9. The lowest BCUT2D eigenvalue weighted by molar-refractivity contribution is -0.0370. The molecule has 0 amide bonds. The van der Waals surface area contributed by atoms with E-state index in [0.29, 0.717) is 34.0 Å². The number of anilines is 2. The summed E-state index contributed by atoms with van der Waals surface area (Å²) in [5.41, 5.74) is 4.75. The van der Waals surface area contributed by atoms with Gasteiger partial charge in [0.2, 0.25) is 20.4 Å². The topological polar surface area (TPSA) is 310 Å². The largest absolute Gasteiger partial charge is 0.510 e. The third kappa shape index (κ3) is 16.4. The summed E-state index contributed by atoms with van der Waals surface area (Å²) < 4.78 is 84.6. The van der Waals surface area contributed by atoms with Crippen molar-refractivity contribution in [3.8, 4) is 0 Å². The molecule has 3 atom stereocenters. The van der Waals surface area contributed by atoms with Crippen LogP contribution in [0.2, 0.25) is 0 Å². The molecule has 0 spiro atoms. The molecule has 0 aliphatic carbocycles. The van der Waals surface area contributed by atoms with Gasteiger partial charge in [-0.2, -0.15) is 0 Å². The molecule has 0 radical (unpaired) electrons. The fourth-order valence-corrected chi connectivity index (χ4v) is 6.77. The second-order valence-corrected chi connectivity index (χ2v) is 17.9. The summed E-state index contributed by atoms with van der Waals surface area (Å²) in [4.78, 5) is 71.6. The number of hydrogen-bond acceptors (Lipinski definition) is 24. The molecule has 0 aliphatic rings. The van der Waals surface area contributed by atoms with Gasteiger partial charge in [0.05, 0.1) is 56.3 Å². The number of fused-ring (bicyclic) bond motifs is 2. The Labute approximate surface area is 361 Å². The maximum atomic E-state index is 13.5. The van der Waals surface area contributed by atoms with Crippen LogP contribution < -0.4 is 10.4 Å². The second kappa shape index (κ2) is 23.4. The summed E-state index contributed by atoms with van der Waals surface area (Å²) in [5.74, 6) is 0.669. The minimum Gasteiger partial charge on any atom is -0.432 e. The molecule has 4 rings (SSSR count). The van der Waals surface area contributed by atoms with Crippen molar-refractivity contribution in [1.82, 2.24) is 39.0 Å². The number of ether oxygens (including phenoxy) is 8. The fraction of sp³-hybridized carbons (Fsp3) is 0.618. The number of imidazole rings is 2. The van der Waals surface area contributed by atoms with Crippen LogP contribution in [-0.2, 0) is 73.7 Å². The van der Waals surface area contributed by atoms with Crippen molar-refractivity contribution in [2.75, 3.05) is 50.6 Å². The van der Waals surface area contributed by atoms with E-state index in [9.17, 15) is 28.4 Å². The van der Waals surface area contributed by atoms with E-state index in [1.807, 2.05) is 0 Å². The van der Waals surface area contributed by atoms with Crippen LogP contribution in [-0.4, -0.2) is 133 Å². The molecular formula is C34H52N10O17P2. The number of rotatable bonds is 25. The molecule has 4 aromatic heterocycles. The molecule has 4 aromatic rings. The van der Waals surface area contributed by atoms with E-state index in [0.717, 1.165) is 0 Å². The van der Waals surface area contributed by atoms with E-state index in [1.165, 1.54) is 25.3 Å². The molecule has 0 saturated carbocycles. The zero-order valence-electron chi connectivity index (χ0n) is 36.0. The highest BCUT2D eigenvalue weighted by Crippen LogP contribution is 2.48. The monoisotopic (exact) mass is 934 g/mol. The zero-order chi connectivity index (χ0) is 46.3. The minimum absolute atomic E-state index is 0.148. The maximum Gasteiger partial charge on any atom is 0.510 e. The average molecular weight is 935 g/mol. The SMILES string of the molecule is CC(C)OC(=O)OCOP(=O)(O)CO[C@H](C)Cn1cnc2c(N(C)Nc3ncnc4c3ncn4C[C@@H](C)OCP(=O)(OCOC(=O)OC(C)C)OCOC(=O)OC(C)C)ncnc21. The highest BCUT2D eigenvalue weighted by molar-refractivity contribution is 7.53. The number of aromatic nitrogens is 8. The van der Waals surface area contributed by atoms with Crippen LogP contribution in [0, 0.1) is 0 Å². The van der Waals surface area contributed by atoms with Gasteiger partial charge in [-0.25, -0.2) is 44.3 Å². The third-order valence-electron chi connectivity index (χ3n) is 7.60. The Morgan fingerprint density at radius 3 is 1.60 bits per heavy atom. The van der Waals surface area contributed by atoms with E-state index in [2.05, 4.69) is 40.1 Å². The molecule has 0 saturated heterocycles. The maximum absolute atomic E-state index is 13.5. The molecule has 29 heteroatoms. The Hall–Kier alpha value is -5.27. The van der Waals surface area contributed by atoms with Crippen LogP contribution in [0.1, 0.15) is 55.4 Å². The van der Waals surface area contributed by atoms with Gasteiger partial charge >= 0.3 is 33.7 Å². The van der Waals surface area contributed by atoms with E-state index in [1.54, 1.807) is 76.6 Å². The Kier molecular flexibility index (Phi) is 18.7. The lowest BCUT2D eigenvalue weighted by atomic mass is 10.4. The van der Waals surface area contributed by atoms with Gasteiger partial charge in [-0.05, 0) is 55.4 Å². The standard InChI is InChI=1S/C34H52N10O17P2/c1-21(2)59-32(45)51-16-56-62(48,49)19-54-24(7)10-44-15-40-27-29(36-13-38-31(27)44)42(9)41-28-26-30(37-12-35-28)43(14-39-26)11-25(8)55-20-63(50,57-17-52-33(46)60-22(3)4)58-18-53-34(47)61-23(5)6/h12-15,21-25H,10-11,16-20H2,1-9H3,(H,48,49)(H,35,37,41)/t24-,25-/m1/s1. The summed E-state index contributed by atoms with van der Waals surface area (Å²) in [5, 5.41) is 1.56. The molecule has 0 fully saturated rings. The van der Waals surface area contributed by atoms with Gasteiger partial charge in [-0.3, -0.25) is 33.1 Å². The van der Waals surface area contributed by atoms with Crippen LogP contribution in [0.4, 0.5) is 26.0 Å². The third-order valence-corrected chi connectivity index (χ3v) is 10.0. The van der Waals surface area contributed by atoms with E-state index < -0.39 is 97.3 Å². The molecule has 1 unspecified atom stereocenters. The average Bonchev–Trinajstić information content (AvgIpc) is 3.79. The summed E-state index contributed by atoms with van der Waals surface area (Å²) in [6.07, 6.45) is -1.46. The second-order valence-electron chi connectivity index (χ2n) is 14.1. The number of nitrogens with one attached hydrogen (secondary N) is 1. The minimum atomic E-state index is -4.28. The molecule has 0 aromatic carbocycles. The highest BCUT2D eigenvalue weighted by Gasteiger charge is 2.29. The normalized spacial score (nSPS) is 13.8. The van der Waals surface area contributed by atoms with Gasteiger partial charge < -0.3 is 51.9 Å². The number of carbonyl (C=O) groups excluding carboxylic acids is 3. The number of nitrogens with zero attached hydrogens (tertiary/aromatic N) is 9. The molecule has 2 N–H and O–H groups in total. The predicted molar refractivity (Wildman–Crippen MR) is 217 cm³/mol. The van der Waals surface area contributed by atoms with Crippen LogP contribution in [0.15, 0.2) is 25.3 Å². The molecule has 0 aliphatic heterocycles. The summed E-state index contributed by atoms with van der Waals surface area (Å²) in [7, 11) is -6.80. The first kappa shape index (κ1) is 50.4. The lowest BCUT2D eigenvalue weighted by Crippen LogP contribution is -2.27. The van der Waals surface area contributed by atoms with E-state index >= 15 is 0 Å². The van der Waals surface area contributed by atoms with Crippen LogP contribution in [0.5, 0.6) is 0 Å². The van der Waals surface area contributed by atoms with Crippen LogP contribution in [0.3, 0.4) is 0 Å². The van der Waals surface area contributed by atoms with Gasteiger partial charge in [0, 0.05) is 7.05 Å². The summed E-state index contributed by atoms with van der Waals surface area (Å²) in [6, 6.07) is 0. The predicted octanol–water partition coefficient (Wildman–Crippen LogP) is 5.14. The van der Waals surface area contributed by atoms with Gasteiger partial charge in [0.25, 0.3) is 0 Å². The van der Waals surface area contributed by atoms with Crippen molar-refractivity contribution >= 4 is 67.6 Å². The molecule has 27 nitrogen and oxygen atoms in total.